The molecule has 5 heteroatoms. The number of benzene rings is 1. The Balaban J connectivity index is 2.30. The summed E-state index contributed by atoms with van der Waals surface area (Å²) in [4.78, 5) is 16.3. The Hall–Kier alpha value is -1.90. The van der Waals surface area contributed by atoms with Crippen LogP contribution in [0, 0.1) is 11.3 Å². The zero-order valence-corrected chi connectivity index (χ0v) is 11.3. The maximum absolute atomic E-state index is 12.5. The summed E-state index contributed by atoms with van der Waals surface area (Å²) < 4.78 is 0. The van der Waals surface area contributed by atoms with Crippen LogP contribution in [0.1, 0.15) is 5.56 Å². The molecule has 1 aromatic rings. The number of hydrogen-bond acceptors (Lipinski definition) is 4. The highest BCUT2D eigenvalue weighted by Gasteiger charge is 2.33. The number of nitriles is 1. The SMILES string of the molecule is CNCC1C(=O)N(c2ccccc2C#N)CCN1C. The van der Waals surface area contributed by atoms with E-state index in [0.29, 0.717) is 24.3 Å². The van der Waals surface area contributed by atoms with Gasteiger partial charge >= 0.3 is 0 Å². The molecule has 1 unspecified atom stereocenters. The topological polar surface area (TPSA) is 59.4 Å². The highest BCUT2D eigenvalue weighted by atomic mass is 16.2. The number of carbonyl (C=O) groups is 1. The first kappa shape index (κ1) is 13.5. The van der Waals surface area contributed by atoms with Crippen molar-refractivity contribution in [3.63, 3.8) is 0 Å². The average Bonchev–Trinajstić information content (AvgIpc) is 2.43. The number of para-hydroxylation sites is 1. The molecular weight excluding hydrogens is 240 g/mol. The smallest absolute Gasteiger partial charge is 0.245 e. The number of anilines is 1. The predicted molar refractivity (Wildman–Crippen MR) is 73.9 cm³/mol. The Morgan fingerprint density at radius 2 is 2.16 bits per heavy atom. The van der Waals surface area contributed by atoms with Crippen LogP contribution < -0.4 is 10.2 Å². The molecule has 0 radical (unpaired) electrons. The van der Waals surface area contributed by atoms with E-state index in [-0.39, 0.29) is 11.9 Å². The first-order chi connectivity index (χ1) is 9.19. The molecule has 5 nitrogen and oxygen atoms in total. The van der Waals surface area contributed by atoms with Gasteiger partial charge in [0.2, 0.25) is 5.91 Å². The lowest BCUT2D eigenvalue weighted by atomic mass is 10.1. The molecule has 1 saturated heterocycles. The molecule has 1 atom stereocenters. The fourth-order valence-corrected chi connectivity index (χ4v) is 2.37. The van der Waals surface area contributed by atoms with Gasteiger partial charge in [-0.1, -0.05) is 12.1 Å². The maximum Gasteiger partial charge on any atom is 0.245 e. The minimum absolute atomic E-state index is 0.0470. The van der Waals surface area contributed by atoms with Crippen LogP contribution >= 0.6 is 0 Å². The second kappa shape index (κ2) is 5.83. The van der Waals surface area contributed by atoms with E-state index in [1.165, 1.54) is 0 Å². The Bertz CT molecular complexity index is 508. The quantitative estimate of drug-likeness (QED) is 0.854. The summed E-state index contributed by atoms with van der Waals surface area (Å²) in [6.07, 6.45) is 0. The molecule has 0 saturated carbocycles. The normalized spacial score (nSPS) is 20.4. The number of carbonyl (C=O) groups excluding carboxylic acids is 1. The molecule has 0 spiro atoms. The van der Waals surface area contributed by atoms with Gasteiger partial charge in [-0.3, -0.25) is 9.69 Å². The van der Waals surface area contributed by atoms with E-state index >= 15 is 0 Å². The largest absolute Gasteiger partial charge is 0.318 e. The van der Waals surface area contributed by atoms with E-state index in [1.807, 2.05) is 37.2 Å². The molecule has 1 amide bonds. The van der Waals surface area contributed by atoms with Crippen LogP contribution in [0.5, 0.6) is 0 Å². The van der Waals surface area contributed by atoms with Crippen molar-refractivity contribution in [3.05, 3.63) is 29.8 Å². The van der Waals surface area contributed by atoms with Crippen LogP contribution in [0.2, 0.25) is 0 Å². The third-order valence-electron chi connectivity index (χ3n) is 3.47. The Kier molecular flexibility index (Phi) is 4.15. The summed E-state index contributed by atoms with van der Waals surface area (Å²) in [5, 5.41) is 12.2. The van der Waals surface area contributed by atoms with E-state index < -0.39 is 0 Å². The van der Waals surface area contributed by atoms with Gasteiger partial charge in [-0.15, -0.1) is 0 Å². The minimum Gasteiger partial charge on any atom is -0.318 e. The zero-order chi connectivity index (χ0) is 13.8. The van der Waals surface area contributed by atoms with Crippen LogP contribution in [0.15, 0.2) is 24.3 Å². The lowest BCUT2D eigenvalue weighted by Crippen LogP contribution is -2.58. The first-order valence-electron chi connectivity index (χ1n) is 6.34. The van der Waals surface area contributed by atoms with Crippen molar-refractivity contribution in [2.75, 3.05) is 38.6 Å². The number of likely N-dealkylation sites (N-methyl/N-ethyl adjacent to an activating group) is 2. The molecule has 1 aliphatic heterocycles. The van der Waals surface area contributed by atoms with Crippen LogP contribution in [0.4, 0.5) is 5.69 Å². The average molecular weight is 258 g/mol. The molecule has 19 heavy (non-hydrogen) atoms. The second-order valence-electron chi connectivity index (χ2n) is 4.67. The summed E-state index contributed by atoms with van der Waals surface area (Å²) in [5.41, 5.74) is 1.26. The summed E-state index contributed by atoms with van der Waals surface area (Å²) >= 11 is 0. The third kappa shape index (κ3) is 2.60. The Labute approximate surface area is 113 Å². The lowest BCUT2D eigenvalue weighted by Gasteiger charge is -2.38. The fourth-order valence-electron chi connectivity index (χ4n) is 2.37. The van der Waals surface area contributed by atoms with Crippen molar-refractivity contribution in [2.45, 2.75) is 6.04 Å². The van der Waals surface area contributed by atoms with Gasteiger partial charge in [0, 0.05) is 19.6 Å². The molecule has 1 aliphatic rings. The molecule has 2 rings (SSSR count). The van der Waals surface area contributed by atoms with Gasteiger partial charge in [-0.05, 0) is 26.2 Å². The van der Waals surface area contributed by atoms with Crippen LogP contribution in [-0.4, -0.2) is 50.6 Å². The van der Waals surface area contributed by atoms with Gasteiger partial charge in [0.15, 0.2) is 0 Å². The van der Waals surface area contributed by atoms with Gasteiger partial charge in [0.25, 0.3) is 0 Å². The standard InChI is InChI=1S/C14H18N4O/c1-16-10-13-14(19)18(8-7-17(13)2)12-6-4-3-5-11(12)9-15/h3-6,13,16H,7-8,10H2,1-2H3. The van der Waals surface area contributed by atoms with Gasteiger partial charge in [-0.2, -0.15) is 5.26 Å². The van der Waals surface area contributed by atoms with E-state index in [2.05, 4.69) is 11.4 Å². The van der Waals surface area contributed by atoms with Crippen molar-refractivity contribution < 1.29 is 4.79 Å². The predicted octanol–water partition coefficient (Wildman–Crippen LogP) is 0.425. The molecule has 1 fully saturated rings. The molecule has 1 aromatic carbocycles. The zero-order valence-electron chi connectivity index (χ0n) is 11.3. The van der Waals surface area contributed by atoms with E-state index in [4.69, 9.17) is 5.26 Å². The highest BCUT2D eigenvalue weighted by molar-refractivity contribution is 5.99. The molecule has 1 heterocycles. The van der Waals surface area contributed by atoms with Crippen molar-refractivity contribution in [1.29, 1.82) is 5.26 Å². The fraction of sp³-hybridized carbons (Fsp3) is 0.429. The molecule has 0 aromatic heterocycles. The Morgan fingerprint density at radius 1 is 1.42 bits per heavy atom. The molecule has 1 N–H and O–H groups in total. The number of amides is 1. The van der Waals surface area contributed by atoms with E-state index in [0.717, 1.165) is 6.54 Å². The molecule has 100 valence electrons. The van der Waals surface area contributed by atoms with Gasteiger partial charge in [-0.25, -0.2) is 0 Å². The van der Waals surface area contributed by atoms with Gasteiger partial charge in [0.05, 0.1) is 11.3 Å². The van der Waals surface area contributed by atoms with E-state index in [9.17, 15) is 4.79 Å². The lowest BCUT2D eigenvalue weighted by molar-refractivity contribution is -0.125. The van der Waals surface area contributed by atoms with E-state index in [1.54, 1.807) is 11.0 Å². The number of nitrogens with one attached hydrogen (secondary N) is 1. The number of hydrogen-bond donors (Lipinski definition) is 1. The second-order valence-corrected chi connectivity index (χ2v) is 4.67. The molecule has 0 aliphatic carbocycles. The summed E-state index contributed by atoms with van der Waals surface area (Å²) in [7, 11) is 3.79. The van der Waals surface area contributed by atoms with Crippen molar-refractivity contribution in [1.82, 2.24) is 10.2 Å². The number of rotatable bonds is 3. The number of nitrogens with zero attached hydrogens (tertiary/aromatic N) is 3. The maximum atomic E-state index is 12.5. The first-order valence-corrected chi connectivity index (χ1v) is 6.34. The summed E-state index contributed by atoms with van der Waals surface area (Å²) in [6, 6.07) is 9.22. The summed E-state index contributed by atoms with van der Waals surface area (Å²) in [5.74, 6) is 0.0470. The van der Waals surface area contributed by atoms with Crippen molar-refractivity contribution in [2.24, 2.45) is 0 Å². The third-order valence-corrected chi connectivity index (χ3v) is 3.47. The summed E-state index contributed by atoms with van der Waals surface area (Å²) in [6.45, 7) is 2.03. The van der Waals surface area contributed by atoms with Gasteiger partial charge in [0.1, 0.15) is 12.1 Å². The number of piperazine rings is 1. The van der Waals surface area contributed by atoms with Crippen LogP contribution in [-0.2, 0) is 4.79 Å². The van der Waals surface area contributed by atoms with Crippen molar-refractivity contribution in [3.8, 4) is 6.07 Å². The monoisotopic (exact) mass is 258 g/mol. The van der Waals surface area contributed by atoms with Crippen LogP contribution in [0.25, 0.3) is 0 Å². The van der Waals surface area contributed by atoms with Crippen LogP contribution in [0.3, 0.4) is 0 Å². The molecular formula is C14H18N4O. The van der Waals surface area contributed by atoms with Gasteiger partial charge < -0.3 is 10.2 Å². The Morgan fingerprint density at radius 3 is 2.84 bits per heavy atom. The van der Waals surface area contributed by atoms with Crippen molar-refractivity contribution >= 4 is 11.6 Å². The highest BCUT2D eigenvalue weighted by Crippen LogP contribution is 2.23. The molecule has 0 bridgehead atoms. The minimum atomic E-state index is -0.175.